The molecular weight excluding hydrogens is 1100 g/mol. The number of quaternary nitrogens is 1. The number of methoxy groups -OCH3 is 4. The van der Waals surface area contributed by atoms with Crippen molar-refractivity contribution in [2.75, 3.05) is 108 Å². The summed E-state index contributed by atoms with van der Waals surface area (Å²) in [6, 6.07) is 0. The summed E-state index contributed by atoms with van der Waals surface area (Å²) in [5, 5.41) is 172. The highest BCUT2D eigenvalue weighted by molar-refractivity contribution is 4.99. The van der Waals surface area contributed by atoms with Gasteiger partial charge in [0, 0.05) is 41.3 Å². The van der Waals surface area contributed by atoms with Crippen molar-refractivity contribution in [3.05, 3.63) is 0 Å². The average molecular weight is 1190 g/mol. The van der Waals surface area contributed by atoms with Crippen LogP contribution in [0.15, 0.2) is 0 Å². The van der Waals surface area contributed by atoms with E-state index in [0.29, 0.717) is 30.4 Å². The molecule has 0 aromatic rings. The van der Waals surface area contributed by atoms with E-state index in [-0.39, 0.29) is 26.4 Å². The molecule has 6 saturated heterocycles. The fraction of sp³-hybridized carbons (Fsp3) is 1.00. The fourth-order valence-electron chi connectivity index (χ4n) is 10.7. The van der Waals surface area contributed by atoms with Crippen LogP contribution in [0, 0.1) is 0 Å². The normalized spacial score (nSPS) is 46.4. The summed E-state index contributed by atoms with van der Waals surface area (Å²) in [7, 11) is 8.75. The predicted octanol–water partition coefficient (Wildman–Crippen LogP) is -10.6. The third kappa shape index (κ3) is 16.3. The van der Waals surface area contributed by atoms with Gasteiger partial charge in [0.05, 0.1) is 80.0 Å². The van der Waals surface area contributed by atoms with Gasteiger partial charge >= 0.3 is 0 Å². The Labute approximate surface area is 466 Å². The molecule has 33 heteroatoms. The van der Waals surface area contributed by atoms with E-state index < -0.39 is 211 Å². The lowest BCUT2D eigenvalue weighted by molar-refractivity contribution is -0.890. The molecule has 16 N–H and O–H groups in total. The van der Waals surface area contributed by atoms with E-state index in [1.54, 1.807) is 0 Å². The molecule has 6 rings (SSSR count). The molecule has 6 aliphatic heterocycles. The van der Waals surface area contributed by atoms with Gasteiger partial charge in [0.1, 0.15) is 146 Å². The summed E-state index contributed by atoms with van der Waals surface area (Å²) in [6.07, 6.45) is -46.2. The van der Waals surface area contributed by atoms with Gasteiger partial charge in [0.2, 0.25) is 0 Å². The minimum absolute atomic E-state index is 0.0824. The van der Waals surface area contributed by atoms with Crippen molar-refractivity contribution in [1.82, 2.24) is 0 Å². The SMILES string of the molecule is COC1OC(CO)C(OC2OC(COCCC[N+](C)(C)CCCOCC3OC(OC4C(CO)OC(OC)C(O)C4O)C(O)C(O)C3OC3OC(CO)C(OC)C(O)C3O)C(OC3OC(CO)C(OC)C(O)C3O)C(O)C2O)C(O)C1O. The number of rotatable bonds is 28. The maximum atomic E-state index is 11.5. The van der Waals surface area contributed by atoms with Crippen LogP contribution in [0.2, 0.25) is 0 Å². The molecule has 6 heterocycles. The van der Waals surface area contributed by atoms with E-state index in [1.807, 2.05) is 14.1 Å². The summed E-state index contributed by atoms with van der Waals surface area (Å²) < 4.78 is 91.1. The van der Waals surface area contributed by atoms with Gasteiger partial charge in [-0.2, -0.15) is 0 Å². The van der Waals surface area contributed by atoms with Crippen molar-refractivity contribution in [2.45, 2.75) is 197 Å². The monoisotopic (exact) mass is 1190 g/mol. The van der Waals surface area contributed by atoms with Gasteiger partial charge in [-0.25, -0.2) is 0 Å². The van der Waals surface area contributed by atoms with Gasteiger partial charge in [-0.05, 0) is 0 Å². The van der Waals surface area contributed by atoms with Gasteiger partial charge < -0.3 is 162 Å². The smallest absolute Gasteiger partial charge is 0.187 e. The number of aliphatic hydroxyl groups excluding tert-OH is 16. The van der Waals surface area contributed by atoms with Crippen LogP contribution in [-0.4, -0.2) is 379 Å². The lowest BCUT2D eigenvalue weighted by Crippen LogP contribution is -2.66. The fourth-order valence-corrected chi connectivity index (χ4v) is 10.7. The van der Waals surface area contributed by atoms with Crippen LogP contribution < -0.4 is 0 Å². The van der Waals surface area contributed by atoms with Crippen LogP contribution in [0.3, 0.4) is 0 Å². The number of hydrogen-bond donors (Lipinski definition) is 16. The molecule has 6 fully saturated rings. The van der Waals surface area contributed by atoms with Crippen molar-refractivity contribution in [3.63, 3.8) is 0 Å². The van der Waals surface area contributed by atoms with Crippen LogP contribution in [0.1, 0.15) is 12.8 Å². The topological polar surface area (TPSA) is 471 Å². The van der Waals surface area contributed by atoms with Crippen LogP contribution in [0.5, 0.6) is 0 Å². The minimum Gasteiger partial charge on any atom is -0.394 e. The largest absolute Gasteiger partial charge is 0.394 e. The molecule has 33 nitrogen and oxygen atoms in total. The van der Waals surface area contributed by atoms with Crippen molar-refractivity contribution < 1.29 is 162 Å². The molecule has 0 spiro atoms. The first-order valence-corrected chi connectivity index (χ1v) is 26.8. The predicted molar refractivity (Wildman–Crippen MR) is 260 cm³/mol. The van der Waals surface area contributed by atoms with E-state index in [0.717, 1.165) is 0 Å². The summed E-state index contributed by atoms with van der Waals surface area (Å²) >= 11 is 0. The molecule has 0 saturated carbocycles. The van der Waals surface area contributed by atoms with E-state index in [1.165, 1.54) is 28.4 Å². The Morgan fingerprint density at radius 2 is 0.543 bits per heavy atom. The quantitative estimate of drug-likeness (QED) is 0.0255. The van der Waals surface area contributed by atoms with Crippen LogP contribution in [-0.2, 0) is 75.8 Å². The Morgan fingerprint density at radius 1 is 0.309 bits per heavy atom. The number of aliphatic hydroxyl groups is 16. The Morgan fingerprint density at radius 3 is 0.815 bits per heavy atom. The average Bonchev–Trinajstić information content (AvgIpc) is 3.54. The summed E-state index contributed by atoms with van der Waals surface area (Å²) in [4.78, 5) is 0. The molecule has 0 bridgehead atoms. The van der Waals surface area contributed by atoms with E-state index in [9.17, 15) is 81.7 Å². The Kier molecular flexibility index (Phi) is 26.8. The lowest BCUT2D eigenvalue weighted by atomic mass is 9.96. The first-order chi connectivity index (χ1) is 38.5. The standard InChI is InChI=1S/C48H88NO32/c1-49(2,9-7-11-70-17-23-41(80-45-33(62)25(54)37(66-3)19(13-50)74-45)29(58)35(64)47(76-23)78-39-21(15-52)72-43(68-5)31(60)27(39)56)10-8-12-71-18-24-42(81-46-34(63)26(55)38(67-4)20(14-51)75-46)30(59)36(65)48(77-24)79-40-22(16-53)73-44(69-6)32(61)28(40)57/h19-48,50-65H,7-18H2,1-6H3/q+1. The van der Waals surface area contributed by atoms with Crippen molar-refractivity contribution in [3.8, 4) is 0 Å². The van der Waals surface area contributed by atoms with Gasteiger partial charge in [-0.1, -0.05) is 0 Å². The first kappa shape index (κ1) is 68.8. The number of nitrogens with zero attached hydrogens (tertiary/aromatic N) is 1. The molecule has 0 radical (unpaired) electrons. The maximum absolute atomic E-state index is 11.5. The van der Waals surface area contributed by atoms with Crippen molar-refractivity contribution in [2.24, 2.45) is 0 Å². The number of ether oxygens (including phenoxy) is 16. The maximum Gasteiger partial charge on any atom is 0.187 e. The highest BCUT2D eigenvalue weighted by Gasteiger charge is 2.56. The third-order valence-corrected chi connectivity index (χ3v) is 15.4. The Bertz CT molecular complexity index is 1680. The summed E-state index contributed by atoms with van der Waals surface area (Å²) in [5.74, 6) is 0. The summed E-state index contributed by atoms with van der Waals surface area (Å²) in [6.45, 7) is -2.29. The highest BCUT2D eigenvalue weighted by atomic mass is 16.8. The van der Waals surface area contributed by atoms with Crippen LogP contribution >= 0.6 is 0 Å². The minimum atomic E-state index is -1.94. The summed E-state index contributed by atoms with van der Waals surface area (Å²) in [5.41, 5.74) is 0. The zero-order chi connectivity index (χ0) is 59.6. The molecule has 30 atom stereocenters. The van der Waals surface area contributed by atoms with Gasteiger partial charge in [0.15, 0.2) is 37.7 Å². The molecule has 81 heavy (non-hydrogen) atoms. The second-order valence-electron chi connectivity index (χ2n) is 21.4. The molecule has 0 amide bonds. The molecule has 476 valence electrons. The van der Waals surface area contributed by atoms with Crippen molar-refractivity contribution in [1.29, 1.82) is 0 Å². The van der Waals surface area contributed by atoms with Gasteiger partial charge in [-0.3, -0.25) is 0 Å². The Balaban J connectivity index is 1.06. The van der Waals surface area contributed by atoms with E-state index >= 15 is 0 Å². The highest BCUT2D eigenvalue weighted by Crippen LogP contribution is 2.36. The third-order valence-electron chi connectivity index (χ3n) is 15.4. The lowest BCUT2D eigenvalue weighted by Gasteiger charge is -2.48. The second-order valence-corrected chi connectivity index (χ2v) is 21.4. The van der Waals surface area contributed by atoms with Crippen molar-refractivity contribution >= 4 is 0 Å². The first-order valence-electron chi connectivity index (χ1n) is 26.8. The van der Waals surface area contributed by atoms with Gasteiger partial charge in [0.25, 0.3) is 0 Å². The van der Waals surface area contributed by atoms with E-state index in [2.05, 4.69) is 0 Å². The molecule has 0 aromatic carbocycles. The molecular formula is C48H88NO32+. The van der Waals surface area contributed by atoms with Crippen LogP contribution in [0.4, 0.5) is 0 Å². The molecule has 6 aliphatic rings. The van der Waals surface area contributed by atoms with E-state index in [4.69, 9.17) is 75.8 Å². The zero-order valence-corrected chi connectivity index (χ0v) is 45.9. The Hall–Kier alpha value is -1.32. The molecule has 0 aromatic heterocycles. The zero-order valence-electron chi connectivity index (χ0n) is 45.9. The number of hydrogen-bond acceptors (Lipinski definition) is 32. The second kappa shape index (κ2) is 31.5. The van der Waals surface area contributed by atoms with Gasteiger partial charge in [-0.15, -0.1) is 0 Å². The van der Waals surface area contributed by atoms with Crippen LogP contribution in [0.25, 0.3) is 0 Å². The molecule has 0 aliphatic carbocycles. The molecule has 30 unspecified atom stereocenters.